The smallest absolute Gasteiger partial charge is 0.333 e. The fraction of sp³-hybridized carbons (Fsp3) is 0.862. The molecular weight excluding hydrogens is 504 g/mol. The summed E-state index contributed by atoms with van der Waals surface area (Å²) in [5, 5.41) is 33.1. The lowest BCUT2D eigenvalue weighted by Gasteiger charge is -2.58. The summed E-state index contributed by atoms with van der Waals surface area (Å²) < 4.78 is 19.2. The van der Waals surface area contributed by atoms with Gasteiger partial charge in [-0.3, -0.25) is 10.5 Å². The molecule has 10 heteroatoms. The van der Waals surface area contributed by atoms with E-state index in [0.29, 0.717) is 37.2 Å². The third-order valence-electron chi connectivity index (χ3n) is 9.78. The van der Waals surface area contributed by atoms with Crippen LogP contribution in [0.1, 0.15) is 72.1 Å². The lowest BCUT2D eigenvalue weighted by atomic mass is 9.61. The quantitative estimate of drug-likeness (QED) is 0.198. The van der Waals surface area contributed by atoms with Gasteiger partial charge in [-0.1, -0.05) is 6.08 Å². The Bertz CT molecular complexity index is 891. The second kappa shape index (κ2) is 13.1. The number of carbonyl (C=O) groups is 2. The number of piperidine rings is 1. The van der Waals surface area contributed by atoms with Crippen LogP contribution in [0.25, 0.3) is 0 Å². The number of quaternary nitrogens is 1. The van der Waals surface area contributed by atoms with Crippen molar-refractivity contribution in [1.29, 1.82) is 0 Å². The lowest BCUT2D eigenvalue weighted by Crippen LogP contribution is -2.95. The summed E-state index contributed by atoms with van der Waals surface area (Å²) in [4.78, 5) is 26.1. The van der Waals surface area contributed by atoms with Crippen molar-refractivity contribution in [3.8, 4) is 0 Å². The first kappa shape index (κ1) is 30.6. The molecule has 1 saturated carbocycles. The summed E-state index contributed by atoms with van der Waals surface area (Å²) in [5.74, 6) is -1.46. The Hall–Kier alpha value is -1.40. The molecule has 0 bridgehead atoms. The number of hydrogen-bond donors (Lipinski definition) is 5. The first-order valence-corrected chi connectivity index (χ1v) is 14.8. The van der Waals surface area contributed by atoms with Crippen LogP contribution in [0.3, 0.4) is 0 Å². The maximum Gasteiger partial charge on any atom is 0.333 e. The maximum absolute atomic E-state index is 13.2. The number of esters is 1. The number of Topliss-reactive ketones (excluding diaryl/α,β-unsaturated/α-hetero) is 1. The van der Waals surface area contributed by atoms with Crippen LogP contribution in [0.2, 0.25) is 0 Å². The average Bonchev–Trinajstić information content (AvgIpc) is 2.92. The summed E-state index contributed by atoms with van der Waals surface area (Å²) in [6.07, 6.45) is 3.67. The maximum atomic E-state index is 13.2. The molecule has 222 valence electrons. The molecule has 1 aliphatic carbocycles. The zero-order valence-electron chi connectivity index (χ0n) is 23.7. The Morgan fingerprint density at radius 2 is 2.03 bits per heavy atom. The van der Waals surface area contributed by atoms with Gasteiger partial charge < -0.3 is 34.8 Å². The van der Waals surface area contributed by atoms with Gasteiger partial charge in [-0.15, -0.1) is 0 Å². The van der Waals surface area contributed by atoms with E-state index in [2.05, 4.69) is 5.32 Å². The molecule has 3 saturated heterocycles. The number of nitrogens with two attached hydrogens (primary N) is 2. The first-order valence-electron chi connectivity index (χ1n) is 14.8. The van der Waals surface area contributed by atoms with Crippen LogP contribution in [0.4, 0.5) is 0 Å². The van der Waals surface area contributed by atoms with Crippen molar-refractivity contribution >= 4 is 11.8 Å². The number of ether oxygens (including phenoxy) is 3. The summed E-state index contributed by atoms with van der Waals surface area (Å²) in [7, 11) is 0. The van der Waals surface area contributed by atoms with Gasteiger partial charge in [0.2, 0.25) is 0 Å². The third-order valence-corrected chi connectivity index (χ3v) is 9.78. The minimum Gasteiger partial charge on any atom is -0.456 e. The highest BCUT2D eigenvalue weighted by molar-refractivity contribution is 5.87. The fourth-order valence-corrected chi connectivity index (χ4v) is 7.23. The van der Waals surface area contributed by atoms with Crippen LogP contribution in [0, 0.1) is 23.7 Å². The van der Waals surface area contributed by atoms with Crippen LogP contribution in [0.15, 0.2) is 11.6 Å². The van der Waals surface area contributed by atoms with Gasteiger partial charge in [-0.25, -0.2) is 4.79 Å². The molecule has 0 amide bonds. The summed E-state index contributed by atoms with van der Waals surface area (Å²) in [6.45, 7) is 6.17. The van der Waals surface area contributed by atoms with E-state index in [1.54, 1.807) is 19.9 Å². The van der Waals surface area contributed by atoms with Gasteiger partial charge in [0.15, 0.2) is 0 Å². The molecule has 0 aromatic rings. The van der Waals surface area contributed by atoms with E-state index in [0.717, 1.165) is 25.8 Å². The van der Waals surface area contributed by atoms with Crippen molar-refractivity contribution < 1.29 is 44.4 Å². The number of aliphatic hydroxyl groups is 3. The van der Waals surface area contributed by atoms with Gasteiger partial charge in [-0.2, -0.15) is 0 Å². The molecular formula is C29H49N2O8+. The van der Waals surface area contributed by atoms with E-state index < -0.39 is 53.9 Å². The Balaban J connectivity index is 1.63. The number of ketones is 1. The number of rotatable bonds is 9. The van der Waals surface area contributed by atoms with Crippen LogP contribution in [-0.2, 0) is 23.8 Å². The molecule has 10 nitrogen and oxygen atoms in total. The number of allylic oxidation sites excluding steroid dienone is 1. The molecule has 11 atom stereocenters. The average molecular weight is 554 g/mol. The topological polar surface area (TPSA) is 165 Å². The lowest BCUT2D eigenvalue weighted by molar-refractivity contribution is -0.703. The summed E-state index contributed by atoms with van der Waals surface area (Å²) >= 11 is 0. The van der Waals surface area contributed by atoms with E-state index >= 15 is 0 Å². The minimum absolute atomic E-state index is 0.00828. The second-order valence-electron chi connectivity index (χ2n) is 12.4. The van der Waals surface area contributed by atoms with Gasteiger partial charge in [-0.05, 0) is 59.3 Å². The van der Waals surface area contributed by atoms with Crippen molar-refractivity contribution in [1.82, 2.24) is 0 Å². The van der Waals surface area contributed by atoms with Crippen molar-refractivity contribution in [3.63, 3.8) is 0 Å². The number of fused-ring (bicyclic) bond motifs is 2. The van der Waals surface area contributed by atoms with Crippen LogP contribution in [0.5, 0.6) is 0 Å². The van der Waals surface area contributed by atoms with Gasteiger partial charge in [0.25, 0.3) is 0 Å². The normalized spacial score (nSPS) is 42.9. The molecule has 0 aromatic heterocycles. The van der Waals surface area contributed by atoms with E-state index in [1.165, 1.54) is 0 Å². The fourth-order valence-electron chi connectivity index (χ4n) is 7.23. The molecule has 7 N–H and O–H groups in total. The Morgan fingerprint density at radius 1 is 1.26 bits per heavy atom. The number of hydrogen-bond acceptors (Lipinski definition) is 9. The Kier molecular flexibility index (Phi) is 10.2. The number of aliphatic hydroxyl groups excluding tert-OH is 3. The zero-order valence-corrected chi connectivity index (χ0v) is 23.7. The predicted octanol–water partition coefficient (Wildman–Crippen LogP) is 0.165. The second-order valence-corrected chi connectivity index (χ2v) is 12.4. The molecule has 39 heavy (non-hydrogen) atoms. The van der Waals surface area contributed by atoms with E-state index in [9.17, 15) is 24.9 Å². The highest BCUT2D eigenvalue weighted by Gasteiger charge is 2.61. The predicted molar refractivity (Wildman–Crippen MR) is 142 cm³/mol. The zero-order chi connectivity index (χ0) is 28.3. The van der Waals surface area contributed by atoms with Crippen LogP contribution < -0.4 is 11.1 Å². The number of carbonyl (C=O) groups excluding carboxylic acids is 2. The van der Waals surface area contributed by atoms with E-state index in [-0.39, 0.29) is 37.5 Å². The van der Waals surface area contributed by atoms with Crippen LogP contribution in [-0.4, -0.2) is 89.1 Å². The molecule has 4 rings (SSSR count). The minimum atomic E-state index is -1.01. The largest absolute Gasteiger partial charge is 0.456 e. The molecule has 0 radical (unpaired) electrons. The van der Waals surface area contributed by atoms with Crippen LogP contribution >= 0.6 is 0 Å². The Morgan fingerprint density at radius 3 is 2.67 bits per heavy atom. The monoisotopic (exact) mass is 553 g/mol. The standard InChI is InChI=1S/C29H48N2O8/c1-4-16(2)28(36)38-22-13-20-25(35)24-21(34)12-18(15-33)37-27(24)19(6-5-11-32)26(20)39-29(22,3)10-9-17-7-8-23(30)31-14-17/h4,17-20,22-27,31-33,35H,5-15,30H2,1-3H3/p+1/t17?,18?,19?,20?,22-,23?,24?,25?,26?,27?,29-/m0/s1. The Labute approximate surface area is 231 Å². The van der Waals surface area contributed by atoms with Crippen molar-refractivity contribution in [2.45, 2.75) is 114 Å². The highest BCUT2D eigenvalue weighted by Crippen LogP contribution is 2.51. The van der Waals surface area contributed by atoms with Gasteiger partial charge in [0.05, 0.1) is 43.5 Å². The van der Waals surface area contributed by atoms with Crippen molar-refractivity contribution in [2.24, 2.45) is 29.4 Å². The first-order chi connectivity index (χ1) is 18.6. The van der Waals surface area contributed by atoms with Crippen molar-refractivity contribution in [2.75, 3.05) is 19.8 Å². The highest BCUT2D eigenvalue weighted by atomic mass is 16.6. The molecule has 9 unspecified atom stereocenters. The molecule has 3 aliphatic heterocycles. The molecule has 3 heterocycles. The SMILES string of the molecule is CC=C(C)C(=O)O[C@H]1CC2C(O)C3C(=O)CC(CO)OC3C(CCCO)C2O[C@@]1(C)CCC1CCC(N)[NH2+]C1. The van der Waals surface area contributed by atoms with Gasteiger partial charge >= 0.3 is 5.97 Å². The molecule has 0 spiro atoms. The van der Waals surface area contributed by atoms with E-state index in [1.807, 2.05) is 6.92 Å². The summed E-state index contributed by atoms with van der Waals surface area (Å²) in [6, 6.07) is 0. The van der Waals surface area contributed by atoms with Crippen molar-refractivity contribution in [3.05, 3.63) is 11.6 Å². The molecule has 4 fully saturated rings. The molecule has 4 aliphatic rings. The van der Waals surface area contributed by atoms with Gasteiger partial charge in [0, 0.05) is 42.8 Å². The van der Waals surface area contributed by atoms with Gasteiger partial charge in [0.1, 0.15) is 23.7 Å². The third kappa shape index (κ3) is 6.58. The van der Waals surface area contributed by atoms with E-state index in [4.69, 9.17) is 19.9 Å². The summed E-state index contributed by atoms with van der Waals surface area (Å²) in [5.41, 5.74) is 5.77. The molecule has 0 aromatic carbocycles.